The Kier molecular flexibility index (Phi) is 5.13. The number of rotatable bonds is 6. The third-order valence-corrected chi connectivity index (χ3v) is 5.97. The van der Waals surface area contributed by atoms with Crippen molar-refractivity contribution in [2.75, 3.05) is 5.32 Å². The molecule has 30 heavy (non-hydrogen) atoms. The molecular weight excluding hydrogens is 397 g/mol. The highest BCUT2D eigenvalue weighted by molar-refractivity contribution is 5.94. The van der Waals surface area contributed by atoms with E-state index in [1.165, 1.54) is 6.20 Å². The number of carbonyl (C=O) groups is 1. The van der Waals surface area contributed by atoms with Crippen molar-refractivity contribution in [1.29, 1.82) is 0 Å². The molecule has 1 aliphatic rings. The fraction of sp³-hybridized carbons (Fsp3) is 0.381. The fourth-order valence-corrected chi connectivity index (χ4v) is 4.28. The van der Waals surface area contributed by atoms with Crippen LogP contribution in [0, 0.1) is 22.9 Å². The van der Waals surface area contributed by atoms with Crippen LogP contribution in [0.3, 0.4) is 0 Å². The quantitative estimate of drug-likeness (QED) is 0.531. The van der Waals surface area contributed by atoms with Crippen LogP contribution in [-0.4, -0.2) is 32.1 Å². The highest BCUT2D eigenvalue weighted by Gasteiger charge is 2.38. The molecule has 158 valence electrons. The molecule has 0 saturated heterocycles. The molecule has 1 unspecified atom stereocenters. The Morgan fingerprint density at radius 2 is 2.00 bits per heavy atom. The third-order valence-electron chi connectivity index (χ3n) is 5.97. The lowest BCUT2D eigenvalue weighted by molar-refractivity contribution is -0.137. The molecule has 1 aliphatic carbocycles. The molecule has 1 saturated carbocycles. The second-order valence-corrected chi connectivity index (χ2v) is 8.06. The SMILES string of the molecule is CC1(C(CC(=O)O)Nc2nc(-c3c[nH]c4c(F)cc(F)cc34)ncc2F)CCCC1. The summed E-state index contributed by atoms with van der Waals surface area (Å²) >= 11 is 0. The number of carboxylic acid groups (broad SMARTS) is 1. The smallest absolute Gasteiger partial charge is 0.305 e. The van der Waals surface area contributed by atoms with Gasteiger partial charge in [-0.15, -0.1) is 0 Å². The zero-order chi connectivity index (χ0) is 21.5. The van der Waals surface area contributed by atoms with E-state index in [4.69, 9.17) is 0 Å². The summed E-state index contributed by atoms with van der Waals surface area (Å²) in [6, 6.07) is 1.39. The molecule has 0 radical (unpaired) electrons. The summed E-state index contributed by atoms with van der Waals surface area (Å²) in [6.07, 6.45) is 5.84. The summed E-state index contributed by atoms with van der Waals surface area (Å²) in [6.45, 7) is 1.99. The summed E-state index contributed by atoms with van der Waals surface area (Å²) in [4.78, 5) is 22.3. The molecule has 1 aromatic carbocycles. The van der Waals surface area contributed by atoms with Gasteiger partial charge in [0.25, 0.3) is 0 Å². The van der Waals surface area contributed by atoms with Gasteiger partial charge in [-0.3, -0.25) is 4.79 Å². The number of H-pyrrole nitrogens is 1. The Balaban J connectivity index is 1.72. The highest BCUT2D eigenvalue weighted by Crippen LogP contribution is 2.43. The summed E-state index contributed by atoms with van der Waals surface area (Å²) in [5.74, 6) is -3.29. The van der Waals surface area contributed by atoms with Crippen LogP contribution in [0.25, 0.3) is 22.3 Å². The van der Waals surface area contributed by atoms with Gasteiger partial charge in [-0.2, -0.15) is 0 Å². The van der Waals surface area contributed by atoms with Crippen molar-refractivity contribution in [3.05, 3.63) is 42.0 Å². The van der Waals surface area contributed by atoms with Crippen molar-refractivity contribution >= 4 is 22.7 Å². The van der Waals surface area contributed by atoms with Crippen LogP contribution in [0.1, 0.15) is 39.0 Å². The van der Waals surface area contributed by atoms with E-state index < -0.39 is 29.5 Å². The molecule has 2 aromatic heterocycles. The molecular formula is C21H21F3N4O2. The van der Waals surface area contributed by atoms with Gasteiger partial charge in [-0.25, -0.2) is 23.1 Å². The first-order chi connectivity index (χ1) is 14.3. The standard InChI is InChI=1S/C21H21F3N4O2/c1-21(4-2-3-5-21)16(8-17(29)30)27-20-15(24)10-26-19(28-20)13-9-25-18-12(13)6-11(22)7-14(18)23/h6-7,9-10,16,25H,2-5,8H2,1H3,(H,29,30)(H,26,27,28). The predicted molar refractivity (Wildman–Crippen MR) is 105 cm³/mol. The molecule has 3 N–H and O–H groups in total. The molecule has 2 heterocycles. The van der Waals surface area contributed by atoms with E-state index in [1.807, 2.05) is 6.92 Å². The van der Waals surface area contributed by atoms with Gasteiger partial charge in [0.2, 0.25) is 0 Å². The Bertz CT molecular complexity index is 1110. The molecule has 3 aromatic rings. The minimum absolute atomic E-state index is 0.0702. The third kappa shape index (κ3) is 3.71. The van der Waals surface area contributed by atoms with E-state index in [-0.39, 0.29) is 34.4 Å². The van der Waals surface area contributed by atoms with E-state index >= 15 is 0 Å². The molecule has 0 bridgehead atoms. The highest BCUT2D eigenvalue weighted by atomic mass is 19.1. The monoisotopic (exact) mass is 418 g/mol. The number of halogens is 3. The fourth-order valence-electron chi connectivity index (χ4n) is 4.28. The van der Waals surface area contributed by atoms with Crippen LogP contribution >= 0.6 is 0 Å². The number of nitrogens with one attached hydrogen (secondary N) is 2. The number of benzene rings is 1. The van der Waals surface area contributed by atoms with Gasteiger partial charge in [0.15, 0.2) is 17.5 Å². The Labute approximate surface area is 170 Å². The molecule has 1 atom stereocenters. The number of anilines is 1. The lowest BCUT2D eigenvalue weighted by atomic mass is 9.79. The van der Waals surface area contributed by atoms with Gasteiger partial charge in [-0.05, 0) is 24.3 Å². The van der Waals surface area contributed by atoms with E-state index in [1.54, 1.807) is 0 Å². The normalized spacial score (nSPS) is 16.7. The number of nitrogens with zero attached hydrogens (tertiary/aromatic N) is 2. The van der Waals surface area contributed by atoms with Crippen LogP contribution in [-0.2, 0) is 4.79 Å². The number of hydrogen-bond acceptors (Lipinski definition) is 4. The number of fused-ring (bicyclic) bond motifs is 1. The first-order valence-electron chi connectivity index (χ1n) is 9.74. The zero-order valence-corrected chi connectivity index (χ0v) is 16.3. The first-order valence-corrected chi connectivity index (χ1v) is 9.74. The Morgan fingerprint density at radius 1 is 1.27 bits per heavy atom. The zero-order valence-electron chi connectivity index (χ0n) is 16.3. The predicted octanol–water partition coefficient (Wildman–Crippen LogP) is 4.88. The number of hydrogen-bond donors (Lipinski definition) is 3. The molecule has 6 nitrogen and oxygen atoms in total. The van der Waals surface area contributed by atoms with Crippen LogP contribution in [0.5, 0.6) is 0 Å². The van der Waals surface area contributed by atoms with Crippen molar-refractivity contribution < 1.29 is 23.1 Å². The van der Waals surface area contributed by atoms with Gasteiger partial charge < -0.3 is 15.4 Å². The van der Waals surface area contributed by atoms with Gasteiger partial charge in [0.1, 0.15) is 11.6 Å². The van der Waals surface area contributed by atoms with E-state index in [0.29, 0.717) is 5.56 Å². The van der Waals surface area contributed by atoms with Crippen LogP contribution in [0.4, 0.5) is 19.0 Å². The van der Waals surface area contributed by atoms with Crippen molar-refractivity contribution in [2.45, 2.75) is 45.1 Å². The van der Waals surface area contributed by atoms with Crippen LogP contribution < -0.4 is 5.32 Å². The van der Waals surface area contributed by atoms with Gasteiger partial charge in [-0.1, -0.05) is 19.8 Å². The minimum atomic E-state index is -0.988. The van der Waals surface area contributed by atoms with E-state index in [9.17, 15) is 23.1 Å². The summed E-state index contributed by atoms with van der Waals surface area (Å²) < 4.78 is 42.2. The van der Waals surface area contributed by atoms with Gasteiger partial charge in [0, 0.05) is 29.3 Å². The average Bonchev–Trinajstić information content (AvgIpc) is 3.30. The van der Waals surface area contributed by atoms with Crippen LogP contribution in [0.2, 0.25) is 0 Å². The molecule has 0 spiro atoms. The minimum Gasteiger partial charge on any atom is -0.481 e. The van der Waals surface area contributed by atoms with Crippen molar-refractivity contribution in [3.63, 3.8) is 0 Å². The van der Waals surface area contributed by atoms with Crippen LogP contribution in [0.15, 0.2) is 24.5 Å². The lowest BCUT2D eigenvalue weighted by Gasteiger charge is -2.34. The number of aromatic amines is 1. The van der Waals surface area contributed by atoms with Crippen molar-refractivity contribution in [2.24, 2.45) is 5.41 Å². The average molecular weight is 418 g/mol. The van der Waals surface area contributed by atoms with Crippen molar-refractivity contribution in [1.82, 2.24) is 15.0 Å². The molecule has 0 aliphatic heterocycles. The number of aromatic nitrogens is 3. The summed E-state index contributed by atoms with van der Waals surface area (Å²) in [5, 5.41) is 12.5. The molecule has 9 heteroatoms. The topological polar surface area (TPSA) is 90.9 Å². The summed E-state index contributed by atoms with van der Waals surface area (Å²) in [5.41, 5.74) is 0.104. The second-order valence-electron chi connectivity index (χ2n) is 8.06. The Morgan fingerprint density at radius 3 is 2.70 bits per heavy atom. The molecule has 0 amide bonds. The largest absolute Gasteiger partial charge is 0.481 e. The maximum Gasteiger partial charge on any atom is 0.305 e. The van der Waals surface area contributed by atoms with Crippen molar-refractivity contribution in [3.8, 4) is 11.4 Å². The number of carboxylic acids is 1. The summed E-state index contributed by atoms with van der Waals surface area (Å²) in [7, 11) is 0. The second kappa shape index (κ2) is 7.62. The first kappa shape index (κ1) is 20.2. The maximum atomic E-state index is 14.5. The number of aliphatic carboxylic acids is 1. The Hall–Kier alpha value is -3.10. The van der Waals surface area contributed by atoms with Gasteiger partial charge >= 0.3 is 5.97 Å². The van der Waals surface area contributed by atoms with E-state index in [2.05, 4.69) is 20.3 Å². The molecule has 4 rings (SSSR count). The maximum absolute atomic E-state index is 14.5. The molecule has 1 fully saturated rings. The lowest BCUT2D eigenvalue weighted by Crippen LogP contribution is -2.39. The van der Waals surface area contributed by atoms with E-state index in [0.717, 1.165) is 44.0 Å². The van der Waals surface area contributed by atoms with Gasteiger partial charge in [0.05, 0.1) is 18.1 Å².